The predicted octanol–water partition coefficient (Wildman–Crippen LogP) is 1.55. The smallest absolute Gasteiger partial charge is 0.255 e. The first-order valence-corrected chi connectivity index (χ1v) is 5.92. The lowest BCUT2D eigenvalue weighted by atomic mass is 9.93. The van der Waals surface area contributed by atoms with E-state index in [1.807, 2.05) is 0 Å². The Morgan fingerprint density at radius 1 is 1.17 bits per heavy atom. The molecular formula is C12H22F2N2O2. The number of carbonyl (C=O) groups excluding carboxylic acids is 2. The number of hydrogen-bond donors (Lipinski definition) is 2. The predicted molar refractivity (Wildman–Crippen MR) is 65.2 cm³/mol. The van der Waals surface area contributed by atoms with Crippen LogP contribution in [0.25, 0.3) is 0 Å². The van der Waals surface area contributed by atoms with E-state index in [1.165, 1.54) is 0 Å². The van der Waals surface area contributed by atoms with Crippen molar-refractivity contribution < 1.29 is 18.4 Å². The molecule has 0 aliphatic rings. The van der Waals surface area contributed by atoms with Crippen LogP contribution in [0.15, 0.2) is 0 Å². The second-order valence-corrected chi connectivity index (χ2v) is 5.58. The van der Waals surface area contributed by atoms with Crippen molar-refractivity contribution in [3.05, 3.63) is 0 Å². The van der Waals surface area contributed by atoms with Gasteiger partial charge < -0.3 is 10.6 Å². The van der Waals surface area contributed by atoms with Crippen molar-refractivity contribution in [3.8, 4) is 0 Å². The summed E-state index contributed by atoms with van der Waals surface area (Å²) in [5.41, 5.74) is -0.629. The Kier molecular flexibility index (Phi) is 6.21. The molecule has 6 heteroatoms. The molecule has 4 nitrogen and oxygen atoms in total. The highest BCUT2D eigenvalue weighted by Crippen LogP contribution is 2.14. The van der Waals surface area contributed by atoms with Crippen LogP contribution in [-0.4, -0.2) is 30.8 Å². The maximum Gasteiger partial charge on any atom is 0.255 e. The molecular weight excluding hydrogens is 242 g/mol. The average molecular weight is 264 g/mol. The van der Waals surface area contributed by atoms with Gasteiger partial charge in [-0.1, -0.05) is 34.6 Å². The third kappa shape index (κ3) is 5.93. The maximum atomic E-state index is 12.0. The van der Waals surface area contributed by atoms with Crippen LogP contribution in [0, 0.1) is 11.3 Å². The van der Waals surface area contributed by atoms with Gasteiger partial charge in [0.25, 0.3) is 6.43 Å². The number of nitrogens with one attached hydrogen (secondary N) is 2. The summed E-state index contributed by atoms with van der Waals surface area (Å²) in [5, 5.41) is 4.70. The molecule has 0 fully saturated rings. The Morgan fingerprint density at radius 3 is 2.00 bits per heavy atom. The van der Waals surface area contributed by atoms with Gasteiger partial charge in [0.1, 0.15) is 6.04 Å². The molecule has 1 unspecified atom stereocenters. The quantitative estimate of drug-likeness (QED) is 0.791. The van der Waals surface area contributed by atoms with Crippen LogP contribution in [0.4, 0.5) is 8.78 Å². The summed E-state index contributed by atoms with van der Waals surface area (Å²) in [6.07, 6.45) is -2.60. The molecule has 0 aromatic rings. The topological polar surface area (TPSA) is 58.2 Å². The van der Waals surface area contributed by atoms with Gasteiger partial charge in [0.05, 0.1) is 6.54 Å². The van der Waals surface area contributed by atoms with E-state index in [-0.39, 0.29) is 11.8 Å². The average Bonchev–Trinajstić information content (AvgIpc) is 2.20. The SMILES string of the molecule is CC(C)C(NC(=O)C(C)(C)C)C(=O)NCC(F)F. The van der Waals surface area contributed by atoms with E-state index in [9.17, 15) is 18.4 Å². The molecule has 0 rings (SSSR count). The molecule has 0 aromatic heterocycles. The van der Waals surface area contributed by atoms with E-state index in [2.05, 4.69) is 10.6 Å². The summed E-state index contributed by atoms with van der Waals surface area (Å²) in [6.45, 7) is 7.95. The van der Waals surface area contributed by atoms with Crippen LogP contribution >= 0.6 is 0 Å². The molecule has 0 aliphatic carbocycles. The van der Waals surface area contributed by atoms with Crippen molar-refractivity contribution in [2.45, 2.75) is 47.1 Å². The van der Waals surface area contributed by atoms with E-state index >= 15 is 0 Å². The molecule has 18 heavy (non-hydrogen) atoms. The summed E-state index contributed by atoms with van der Waals surface area (Å²) in [4.78, 5) is 23.5. The fourth-order valence-corrected chi connectivity index (χ4v) is 1.18. The van der Waals surface area contributed by atoms with E-state index in [0.717, 1.165) is 0 Å². The molecule has 0 aromatic carbocycles. The molecule has 1 atom stereocenters. The van der Waals surface area contributed by atoms with Gasteiger partial charge in [-0.15, -0.1) is 0 Å². The Labute approximate surface area is 107 Å². The minimum absolute atomic E-state index is 0.172. The fraction of sp³-hybridized carbons (Fsp3) is 0.833. The highest BCUT2D eigenvalue weighted by Gasteiger charge is 2.29. The van der Waals surface area contributed by atoms with Gasteiger partial charge in [-0.3, -0.25) is 9.59 Å². The van der Waals surface area contributed by atoms with Crippen LogP contribution in [0.5, 0.6) is 0 Å². The molecule has 0 spiro atoms. The molecule has 0 saturated carbocycles. The zero-order valence-corrected chi connectivity index (χ0v) is 11.5. The van der Waals surface area contributed by atoms with Crippen LogP contribution in [-0.2, 0) is 9.59 Å². The number of hydrogen-bond acceptors (Lipinski definition) is 2. The van der Waals surface area contributed by atoms with Gasteiger partial charge in [-0.2, -0.15) is 0 Å². The van der Waals surface area contributed by atoms with E-state index in [1.54, 1.807) is 34.6 Å². The molecule has 0 heterocycles. The standard InChI is InChI=1S/C12H22F2N2O2/c1-7(2)9(10(17)15-6-8(13)14)16-11(18)12(3,4)5/h7-9H,6H2,1-5H3,(H,15,17)(H,16,18). The van der Waals surface area contributed by atoms with Gasteiger partial charge in [0.15, 0.2) is 0 Å². The molecule has 2 N–H and O–H groups in total. The number of carbonyl (C=O) groups is 2. The third-order valence-electron chi connectivity index (χ3n) is 2.35. The van der Waals surface area contributed by atoms with Gasteiger partial charge in [-0.25, -0.2) is 8.78 Å². The lowest BCUT2D eigenvalue weighted by molar-refractivity contribution is -0.134. The summed E-state index contributed by atoms with van der Waals surface area (Å²) in [6, 6.07) is -0.796. The molecule has 2 amide bonds. The molecule has 0 bridgehead atoms. The Hall–Kier alpha value is -1.20. The summed E-state index contributed by atoms with van der Waals surface area (Å²) in [5.74, 6) is -1.04. The first kappa shape index (κ1) is 16.8. The molecule has 0 radical (unpaired) electrons. The minimum atomic E-state index is -2.60. The van der Waals surface area contributed by atoms with Gasteiger partial charge in [-0.05, 0) is 5.92 Å². The number of amides is 2. The van der Waals surface area contributed by atoms with Gasteiger partial charge in [0, 0.05) is 5.41 Å². The lowest BCUT2D eigenvalue weighted by Gasteiger charge is -2.26. The Bertz CT molecular complexity index is 299. The van der Waals surface area contributed by atoms with Crippen molar-refractivity contribution in [1.82, 2.24) is 10.6 Å². The van der Waals surface area contributed by atoms with Crippen molar-refractivity contribution >= 4 is 11.8 Å². The first-order valence-electron chi connectivity index (χ1n) is 5.92. The normalized spacial score (nSPS) is 13.6. The summed E-state index contributed by atoms with van der Waals surface area (Å²) < 4.78 is 24.0. The van der Waals surface area contributed by atoms with Crippen molar-refractivity contribution in [3.63, 3.8) is 0 Å². The van der Waals surface area contributed by atoms with E-state index in [4.69, 9.17) is 0 Å². The largest absolute Gasteiger partial charge is 0.349 e. The molecule has 0 saturated heterocycles. The second kappa shape index (κ2) is 6.66. The monoisotopic (exact) mass is 264 g/mol. The van der Waals surface area contributed by atoms with Crippen molar-refractivity contribution in [2.24, 2.45) is 11.3 Å². The van der Waals surface area contributed by atoms with Crippen LogP contribution in [0.1, 0.15) is 34.6 Å². The van der Waals surface area contributed by atoms with Crippen molar-refractivity contribution in [2.75, 3.05) is 6.54 Å². The van der Waals surface area contributed by atoms with Crippen LogP contribution < -0.4 is 10.6 Å². The highest BCUT2D eigenvalue weighted by atomic mass is 19.3. The number of rotatable bonds is 5. The summed E-state index contributed by atoms with van der Waals surface area (Å²) in [7, 11) is 0. The van der Waals surface area contributed by atoms with Gasteiger partial charge >= 0.3 is 0 Å². The van der Waals surface area contributed by atoms with Crippen LogP contribution in [0.2, 0.25) is 0 Å². The Morgan fingerprint density at radius 2 is 1.67 bits per heavy atom. The van der Waals surface area contributed by atoms with E-state index in [0.29, 0.717) is 0 Å². The number of alkyl halides is 2. The first-order chi connectivity index (χ1) is 8.05. The Balaban J connectivity index is 4.58. The summed E-state index contributed by atoms with van der Waals surface area (Å²) >= 11 is 0. The molecule has 0 aliphatic heterocycles. The van der Waals surface area contributed by atoms with E-state index < -0.39 is 30.3 Å². The molecule has 106 valence electrons. The van der Waals surface area contributed by atoms with Crippen molar-refractivity contribution in [1.29, 1.82) is 0 Å². The highest BCUT2D eigenvalue weighted by molar-refractivity contribution is 5.89. The van der Waals surface area contributed by atoms with Gasteiger partial charge in [0.2, 0.25) is 11.8 Å². The third-order valence-corrected chi connectivity index (χ3v) is 2.35. The second-order valence-electron chi connectivity index (χ2n) is 5.58. The maximum absolute atomic E-state index is 12.0. The van der Waals surface area contributed by atoms with Crippen LogP contribution in [0.3, 0.4) is 0 Å². The fourth-order valence-electron chi connectivity index (χ4n) is 1.18. The number of halogens is 2. The lowest BCUT2D eigenvalue weighted by Crippen LogP contribution is -2.52. The zero-order chi connectivity index (χ0) is 14.5. The zero-order valence-electron chi connectivity index (χ0n) is 11.5. The minimum Gasteiger partial charge on any atom is -0.349 e.